The van der Waals surface area contributed by atoms with Crippen LogP contribution in [0.15, 0.2) is 97.1 Å². The summed E-state index contributed by atoms with van der Waals surface area (Å²) in [5.41, 5.74) is 16.3. The second-order valence-electron chi connectivity index (χ2n) is 13.3. The number of thiazole rings is 1. The summed E-state index contributed by atoms with van der Waals surface area (Å²) in [5.74, 6) is 1.86. The minimum absolute atomic E-state index is 0.334. The van der Waals surface area contributed by atoms with E-state index >= 15 is 0 Å². The van der Waals surface area contributed by atoms with Crippen molar-refractivity contribution in [3.05, 3.63) is 125 Å². The number of fused-ring (bicyclic) bond motifs is 2. The molecule has 0 atom stereocenters. The van der Waals surface area contributed by atoms with Crippen LogP contribution in [0.4, 0.5) is 0 Å². The zero-order valence-corrected chi connectivity index (χ0v) is 29.0. The molecule has 0 spiro atoms. The van der Waals surface area contributed by atoms with Gasteiger partial charge in [0.2, 0.25) is 0 Å². The van der Waals surface area contributed by atoms with Crippen molar-refractivity contribution in [1.29, 1.82) is 0 Å². The molecule has 0 aliphatic heterocycles. The van der Waals surface area contributed by atoms with Gasteiger partial charge >= 0.3 is 0 Å². The van der Waals surface area contributed by atoms with Crippen LogP contribution in [0.5, 0.6) is 0 Å². The highest BCUT2D eigenvalue weighted by Crippen LogP contribution is 2.42. The summed E-state index contributed by atoms with van der Waals surface area (Å²) in [6.45, 7) is 15.9. The Morgan fingerprint density at radius 1 is 0.674 bits per heavy atom. The molecular weight excluding hydrogens is 579 g/mol. The summed E-state index contributed by atoms with van der Waals surface area (Å²) in [4.78, 5) is 5.16. The molecule has 0 fully saturated rings. The Labute approximate surface area is 276 Å². The molecule has 7 aromatic rings. The fraction of sp³-hybridized carbons (Fsp3) is 0.238. The third-order valence-electron chi connectivity index (χ3n) is 9.43. The zero-order valence-electron chi connectivity index (χ0n) is 28.1. The summed E-state index contributed by atoms with van der Waals surface area (Å²) in [5, 5.41) is 1.09. The van der Waals surface area contributed by atoms with E-state index in [0.717, 1.165) is 10.5 Å². The number of rotatable bonds is 6. The van der Waals surface area contributed by atoms with Crippen LogP contribution in [0.25, 0.3) is 60.0 Å². The summed E-state index contributed by atoms with van der Waals surface area (Å²) in [6, 6.07) is 35.7. The van der Waals surface area contributed by atoms with Crippen LogP contribution in [-0.4, -0.2) is 9.55 Å². The van der Waals surface area contributed by atoms with Gasteiger partial charge in [-0.3, -0.25) is 0 Å². The number of benzene rings is 5. The first-order chi connectivity index (χ1) is 22.1. The lowest BCUT2D eigenvalue weighted by atomic mass is 9.88. The maximum atomic E-state index is 5.16. The van der Waals surface area contributed by atoms with Crippen molar-refractivity contribution in [2.45, 2.75) is 60.3 Å². The van der Waals surface area contributed by atoms with Gasteiger partial charge in [-0.25, -0.2) is 9.55 Å². The van der Waals surface area contributed by atoms with Gasteiger partial charge in [-0.1, -0.05) is 88.4 Å². The predicted octanol–water partition coefficient (Wildman–Crippen LogP) is 11.2. The molecule has 2 heterocycles. The molecule has 3 nitrogen and oxygen atoms in total. The van der Waals surface area contributed by atoms with Crippen LogP contribution >= 0.6 is 11.3 Å². The van der Waals surface area contributed by atoms with Crippen molar-refractivity contribution in [3.8, 4) is 38.8 Å². The number of imidazole rings is 1. The predicted molar refractivity (Wildman–Crippen MR) is 196 cm³/mol. The molecule has 0 N–H and O–H groups in total. The van der Waals surface area contributed by atoms with Gasteiger partial charge in [0.05, 0.1) is 22.8 Å². The van der Waals surface area contributed by atoms with Crippen molar-refractivity contribution in [3.63, 3.8) is 0 Å². The normalized spacial score (nSPS) is 11.9. The van der Waals surface area contributed by atoms with Crippen LogP contribution in [-0.2, 0) is 7.05 Å². The number of para-hydroxylation sites is 2. The fourth-order valence-corrected chi connectivity index (χ4v) is 8.20. The van der Waals surface area contributed by atoms with E-state index in [1.165, 1.54) is 77.3 Å². The van der Waals surface area contributed by atoms with Crippen LogP contribution in [0.2, 0.25) is 0 Å². The number of hydrogen-bond acceptors (Lipinski definition) is 2. The first-order valence-corrected chi connectivity index (χ1v) is 17.2. The van der Waals surface area contributed by atoms with E-state index in [2.05, 4.69) is 162 Å². The van der Waals surface area contributed by atoms with Crippen LogP contribution in [0.1, 0.15) is 67.3 Å². The van der Waals surface area contributed by atoms with Gasteiger partial charge < -0.3 is 0 Å². The van der Waals surface area contributed by atoms with Gasteiger partial charge in [-0.2, -0.15) is 4.57 Å². The van der Waals surface area contributed by atoms with E-state index in [0.29, 0.717) is 11.8 Å². The van der Waals surface area contributed by atoms with Crippen molar-refractivity contribution in [1.82, 2.24) is 9.55 Å². The van der Waals surface area contributed by atoms with E-state index in [1.54, 1.807) is 11.3 Å². The number of aromatic nitrogens is 3. The zero-order chi connectivity index (χ0) is 32.3. The Kier molecular flexibility index (Phi) is 7.65. The second kappa shape index (κ2) is 11.7. The second-order valence-corrected chi connectivity index (χ2v) is 14.3. The standard InChI is InChI=1S/C42H42N3S/c1-25(2)32-22-31(30-17-10-9-11-18-30)23-33(26(3)4)40(32)45-37-20-13-12-19-36(37)44(8)42(45)34-24-38-35(21-29(34)7)43-41(46-38)39-27(5)15-14-16-28(39)6/h9-26H,1-8H3/q+1. The van der Waals surface area contributed by atoms with Gasteiger partial charge in [0, 0.05) is 16.7 Å². The van der Waals surface area contributed by atoms with Gasteiger partial charge in [0.1, 0.15) is 10.7 Å². The van der Waals surface area contributed by atoms with E-state index in [9.17, 15) is 0 Å². The van der Waals surface area contributed by atoms with E-state index in [4.69, 9.17) is 4.98 Å². The molecule has 230 valence electrons. The lowest BCUT2D eigenvalue weighted by Gasteiger charge is -2.21. The highest BCUT2D eigenvalue weighted by molar-refractivity contribution is 7.21. The molecule has 0 aliphatic rings. The maximum absolute atomic E-state index is 5.16. The average Bonchev–Trinajstić information content (AvgIpc) is 3.57. The minimum atomic E-state index is 0.334. The monoisotopic (exact) mass is 620 g/mol. The van der Waals surface area contributed by atoms with Crippen molar-refractivity contribution in [2.75, 3.05) is 0 Å². The molecule has 0 unspecified atom stereocenters. The smallest absolute Gasteiger partial charge is 0.236 e. The molecular formula is C42H42N3S+. The van der Waals surface area contributed by atoms with Crippen LogP contribution in [0.3, 0.4) is 0 Å². The van der Waals surface area contributed by atoms with Crippen molar-refractivity contribution < 1.29 is 4.57 Å². The molecule has 4 heteroatoms. The highest BCUT2D eigenvalue weighted by atomic mass is 32.1. The molecule has 5 aromatic carbocycles. The van der Waals surface area contributed by atoms with Crippen molar-refractivity contribution >= 4 is 32.6 Å². The molecule has 0 bridgehead atoms. The molecule has 0 radical (unpaired) electrons. The Hall–Kier alpha value is -4.54. The maximum Gasteiger partial charge on any atom is 0.295 e. The Balaban J connectivity index is 1.54. The van der Waals surface area contributed by atoms with Gasteiger partial charge in [-0.05, 0) is 96.8 Å². The molecule has 0 aliphatic carbocycles. The molecule has 0 amide bonds. The largest absolute Gasteiger partial charge is 0.295 e. The summed E-state index contributed by atoms with van der Waals surface area (Å²) < 4.78 is 6.15. The molecule has 0 saturated carbocycles. The first kappa shape index (κ1) is 30.1. The van der Waals surface area contributed by atoms with Gasteiger partial charge in [0.25, 0.3) is 5.82 Å². The number of aryl methyl sites for hydroxylation is 4. The Morgan fingerprint density at radius 2 is 1.30 bits per heavy atom. The van der Waals surface area contributed by atoms with E-state index < -0.39 is 0 Å². The number of nitrogens with zero attached hydrogens (tertiary/aromatic N) is 3. The fourth-order valence-electron chi connectivity index (χ4n) is 7.04. The van der Waals surface area contributed by atoms with Crippen LogP contribution < -0.4 is 4.57 Å². The highest BCUT2D eigenvalue weighted by Gasteiger charge is 2.32. The molecule has 46 heavy (non-hydrogen) atoms. The topological polar surface area (TPSA) is 21.7 Å². The van der Waals surface area contributed by atoms with E-state index in [-0.39, 0.29) is 0 Å². The third-order valence-corrected chi connectivity index (χ3v) is 10.5. The third kappa shape index (κ3) is 4.96. The summed E-state index contributed by atoms with van der Waals surface area (Å²) >= 11 is 1.80. The average molecular weight is 621 g/mol. The Morgan fingerprint density at radius 3 is 1.96 bits per heavy atom. The lowest BCUT2D eigenvalue weighted by Crippen LogP contribution is -2.30. The quantitative estimate of drug-likeness (QED) is 0.170. The van der Waals surface area contributed by atoms with Gasteiger partial charge in [-0.15, -0.1) is 11.3 Å². The summed E-state index contributed by atoms with van der Waals surface area (Å²) in [7, 11) is 2.22. The Bertz CT molecular complexity index is 2200. The van der Waals surface area contributed by atoms with Crippen molar-refractivity contribution in [2.24, 2.45) is 7.05 Å². The summed E-state index contributed by atoms with van der Waals surface area (Å²) in [6.07, 6.45) is 0. The van der Waals surface area contributed by atoms with Gasteiger partial charge in [0.15, 0.2) is 11.0 Å². The molecule has 0 saturated heterocycles. The molecule has 7 rings (SSSR count). The lowest BCUT2D eigenvalue weighted by molar-refractivity contribution is -0.633. The minimum Gasteiger partial charge on any atom is -0.236 e. The van der Waals surface area contributed by atoms with Crippen LogP contribution in [0, 0.1) is 20.8 Å². The molecule has 2 aromatic heterocycles. The van der Waals surface area contributed by atoms with E-state index in [1.807, 2.05) is 0 Å². The SMILES string of the molecule is Cc1cc2nc(-c3c(C)cccc3C)sc2cc1-c1n(-c2c(C(C)C)cc(-c3ccccc3)cc2C(C)C)c2ccccc2[n+]1C. The number of hydrogen-bond donors (Lipinski definition) is 0. The first-order valence-electron chi connectivity index (χ1n) is 16.3.